The third kappa shape index (κ3) is 4.59. The largest absolute Gasteiger partial charge is 0.317 e. The van der Waals surface area contributed by atoms with E-state index in [9.17, 15) is 0 Å². The van der Waals surface area contributed by atoms with Gasteiger partial charge in [-0.2, -0.15) is 0 Å². The first-order valence-corrected chi connectivity index (χ1v) is 7.55. The molecule has 0 aliphatic heterocycles. The van der Waals surface area contributed by atoms with Crippen molar-refractivity contribution >= 4 is 0 Å². The summed E-state index contributed by atoms with van der Waals surface area (Å²) >= 11 is 0. The van der Waals surface area contributed by atoms with E-state index in [4.69, 9.17) is 0 Å². The molecule has 1 aromatic heterocycles. The molecule has 1 aliphatic rings. The van der Waals surface area contributed by atoms with Crippen molar-refractivity contribution in [2.75, 3.05) is 20.6 Å². The summed E-state index contributed by atoms with van der Waals surface area (Å²) in [5.41, 5.74) is 1.17. The van der Waals surface area contributed by atoms with Crippen LogP contribution in [0.1, 0.15) is 37.8 Å². The van der Waals surface area contributed by atoms with Gasteiger partial charge in [-0.15, -0.1) is 0 Å². The molecule has 2 atom stereocenters. The predicted octanol–water partition coefficient (Wildman–Crippen LogP) is 2.68. The Morgan fingerprint density at radius 1 is 1.26 bits per heavy atom. The Hall–Kier alpha value is -0.930. The first-order valence-electron chi connectivity index (χ1n) is 7.55. The molecule has 0 aromatic carbocycles. The van der Waals surface area contributed by atoms with Crippen LogP contribution in [-0.2, 0) is 6.54 Å². The molecule has 3 heteroatoms. The fourth-order valence-electron chi connectivity index (χ4n) is 3.22. The van der Waals surface area contributed by atoms with Gasteiger partial charge >= 0.3 is 0 Å². The molecule has 1 saturated carbocycles. The van der Waals surface area contributed by atoms with E-state index in [-0.39, 0.29) is 0 Å². The smallest absolute Gasteiger partial charge is 0.0543 e. The van der Waals surface area contributed by atoms with Crippen molar-refractivity contribution in [1.29, 1.82) is 0 Å². The van der Waals surface area contributed by atoms with Crippen LogP contribution in [0.5, 0.6) is 0 Å². The van der Waals surface area contributed by atoms with Crippen LogP contribution in [0.3, 0.4) is 0 Å². The van der Waals surface area contributed by atoms with Crippen molar-refractivity contribution in [3.63, 3.8) is 0 Å². The molecule has 0 radical (unpaired) electrons. The number of nitrogens with one attached hydrogen (secondary N) is 1. The normalized spacial score (nSPS) is 24.4. The van der Waals surface area contributed by atoms with Crippen LogP contribution in [0.2, 0.25) is 0 Å². The van der Waals surface area contributed by atoms with Crippen LogP contribution in [0.15, 0.2) is 24.4 Å². The Labute approximate surface area is 117 Å². The van der Waals surface area contributed by atoms with Crippen LogP contribution in [0, 0.1) is 5.92 Å². The van der Waals surface area contributed by atoms with E-state index < -0.39 is 0 Å². The fraction of sp³-hybridized carbons (Fsp3) is 0.688. The zero-order chi connectivity index (χ0) is 13.5. The first-order chi connectivity index (χ1) is 9.29. The van der Waals surface area contributed by atoms with Crippen molar-refractivity contribution in [3.05, 3.63) is 30.1 Å². The number of hydrogen-bond donors (Lipinski definition) is 1. The minimum Gasteiger partial charge on any atom is -0.317 e. The average Bonchev–Trinajstić information content (AvgIpc) is 2.64. The van der Waals surface area contributed by atoms with Crippen molar-refractivity contribution in [2.45, 2.75) is 44.7 Å². The van der Waals surface area contributed by atoms with Gasteiger partial charge in [0.2, 0.25) is 0 Å². The third-order valence-electron chi connectivity index (χ3n) is 4.23. The molecular formula is C16H27N3. The Morgan fingerprint density at radius 2 is 2.11 bits per heavy atom. The maximum absolute atomic E-state index is 4.41. The molecule has 19 heavy (non-hydrogen) atoms. The lowest BCUT2D eigenvalue weighted by molar-refractivity contribution is 0.222. The maximum Gasteiger partial charge on any atom is 0.0543 e. The standard InChI is InChI=1S/C16H27N3/c1-17-16-10-5-3-4-8-14(16)12-19(2)13-15-9-6-7-11-18-15/h6-7,9,11,14,16-17H,3-5,8,10,12-13H2,1-2H3. The molecule has 0 bridgehead atoms. The highest BCUT2D eigenvalue weighted by atomic mass is 15.1. The summed E-state index contributed by atoms with van der Waals surface area (Å²) in [5, 5.41) is 3.52. The van der Waals surface area contributed by atoms with Gasteiger partial charge in [0.15, 0.2) is 0 Å². The number of hydrogen-bond acceptors (Lipinski definition) is 3. The minimum atomic E-state index is 0.689. The van der Waals surface area contributed by atoms with Crippen molar-refractivity contribution < 1.29 is 0 Å². The molecule has 1 fully saturated rings. The van der Waals surface area contributed by atoms with Crippen LogP contribution in [0.25, 0.3) is 0 Å². The summed E-state index contributed by atoms with van der Waals surface area (Å²) in [4.78, 5) is 6.83. The van der Waals surface area contributed by atoms with E-state index in [1.54, 1.807) is 0 Å². The second kappa shape index (κ2) is 7.61. The summed E-state index contributed by atoms with van der Waals surface area (Å²) in [6, 6.07) is 6.84. The first kappa shape index (κ1) is 14.5. The number of rotatable bonds is 5. The lowest BCUT2D eigenvalue weighted by Gasteiger charge is -2.29. The topological polar surface area (TPSA) is 28.2 Å². The molecule has 106 valence electrons. The van der Waals surface area contributed by atoms with Crippen LogP contribution >= 0.6 is 0 Å². The van der Waals surface area contributed by atoms with Gasteiger partial charge in [0.25, 0.3) is 0 Å². The average molecular weight is 261 g/mol. The molecule has 2 unspecified atom stereocenters. The van der Waals surface area contributed by atoms with Gasteiger partial charge in [-0.25, -0.2) is 0 Å². The summed E-state index contributed by atoms with van der Waals surface area (Å²) in [6.45, 7) is 2.12. The van der Waals surface area contributed by atoms with Gasteiger partial charge < -0.3 is 10.2 Å². The quantitative estimate of drug-likeness (QED) is 0.826. The van der Waals surface area contributed by atoms with Crippen molar-refractivity contribution in [2.24, 2.45) is 5.92 Å². The molecule has 0 amide bonds. The van der Waals surface area contributed by atoms with E-state index in [2.05, 4.69) is 41.4 Å². The summed E-state index contributed by atoms with van der Waals surface area (Å²) < 4.78 is 0. The SMILES string of the molecule is CNC1CCCCCC1CN(C)Cc1ccccn1. The van der Waals surface area contributed by atoms with Crippen LogP contribution in [-0.4, -0.2) is 36.6 Å². The maximum atomic E-state index is 4.41. The second-order valence-electron chi connectivity index (χ2n) is 5.81. The lowest BCUT2D eigenvalue weighted by atomic mass is 9.94. The molecule has 1 N–H and O–H groups in total. The van der Waals surface area contributed by atoms with Gasteiger partial charge in [-0.05, 0) is 45.0 Å². The molecular weight excluding hydrogens is 234 g/mol. The molecule has 1 aliphatic carbocycles. The fourth-order valence-corrected chi connectivity index (χ4v) is 3.22. The molecule has 0 saturated heterocycles. The van der Waals surface area contributed by atoms with Crippen molar-refractivity contribution in [3.8, 4) is 0 Å². The zero-order valence-electron chi connectivity index (χ0n) is 12.3. The lowest BCUT2D eigenvalue weighted by Crippen LogP contribution is -2.39. The number of pyridine rings is 1. The second-order valence-corrected chi connectivity index (χ2v) is 5.81. The summed E-state index contributed by atoms with van der Waals surface area (Å²) in [5.74, 6) is 0.779. The van der Waals surface area contributed by atoms with Crippen LogP contribution < -0.4 is 5.32 Å². The highest BCUT2D eigenvalue weighted by molar-refractivity contribution is 5.03. The Bertz CT molecular complexity index is 352. The third-order valence-corrected chi connectivity index (χ3v) is 4.23. The summed E-state index contributed by atoms with van der Waals surface area (Å²) in [7, 11) is 4.33. The van der Waals surface area contributed by atoms with E-state index in [0.717, 1.165) is 12.5 Å². The highest BCUT2D eigenvalue weighted by Crippen LogP contribution is 2.24. The van der Waals surface area contributed by atoms with E-state index in [1.807, 2.05) is 12.3 Å². The number of aromatic nitrogens is 1. The van der Waals surface area contributed by atoms with Gasteiger partial charge in [0.1, 0.15) is 0 Å². The Morgan fingerprint density at radius 3 is 2.84 bits per heavy atom. The van der Waals surface area contributed by atoms with Crippen LogP contribution in [0.4, 0.5) is 0 Å². The van der Waals surface area contributed by atoms with Gasteiger partial charge in [0.05, 0.1) is 5.69 Å². The molecule has 3 nitrogen and oxygen atoms in total. The predicted molar refractivity (Wildman–Crippen MR) is 80.0 cm³/mol. The molecule has 1 aromatic rings. The van der Waals surface area contributed by atoms with Crippen molar-refractivity contribution in [1.82, 2.24) is 15.2 Å². The molecule has 2 rings (SSSR count). The Kier molecular flexibility index (Phi) is 5.80. The monoisotopic (exact) mass is 261 g/mol. The minimum absolute atomic E-state index is 0.689. The highest BCUT2D eigenvalue weighted by Gasteiger charge is 2.23. The van der Waals surface area contributed by atoms with E-state index >= 15 is 0 Å². The van der Waals surface area contributed by atoms with E-state index in [0.29, 0.717) is 6.04 Å². The van der Waals surface area contributed by atoms with Gasteiger partial charge in [-0.1, -0.05) is 25.3 Å². The molecule has 0 spiro atoms. The van der Waals surface area contributed by atoms with Gasteiger partial charge in [-0.3, -0.25) is 4.98 Å². The Balaban J connectivity index is 1.87. The zero-order valence-corrected chi connectivity index (χ0v) is 12.3. The number of nitrogens with zero attached hydrogens (tertiary/aromatic N) is 2. The van der Waals surface area contributed by atoms with Gasteiger partial charge in [0, 0.05) is 25.3 Å². The van der Waals surface area contributed by atoms with E-state index in [1.165, 1.54) is 44.3 Å². The summed E-state index contributed by atoms with van der Waals surface area (Å²) in [6.07, 6.45) is 8.74. The molecule has 1 heterocycles.